The van der Waals surface area contributed by atoms with E-state index < -0.39 is 12.0 Å². The fourth-order valence-electron chi connectivity index (χ4n) is 5.06. The molecule has 0 spiro atoms. The number of nitrogens with one attached hydrogen (secondary N) is 2. The molecule has 1 saturated heterocycles. The first-order valence-electron chi connectivity index (χ1n) is 13.8. The second kappa shape index (κ2) is 14.5. The van der Waals surface area contributed by atoms with Gasteiger partial charge in [-0.25, -0.2) is 0 Å². The van der Waals surface area contributed by atoms with Gasteiger partial charge < -0.3 is 15.4 Å². The van der Waals surface area contributed by atoms with E-state index >= 15 is 0 Å². The summed E-state index contributed by atoms with van der Waals surface area (Å²) in [7, 11) is 0. The molecule has 0 saturated carbocycles. The normalized spacial score (nSPS) is 22.0. The van der Waals surface area contributed by atoms with Crippen LogP contribution in [0.5, 0.6) is 0 Å². The van der Waals surface area contributed by atoms with E-state index in [9.17, 15) is 14.4 Å². The SMILES string of the molecule is O=C(C[C@@H]1CC=CCCC(=O)O[C@H](c2ccccc2)CNC1=O)NCC1CCN(Cc2ccccc2)CC1. The van der Waals surface area contributed by atoms with Gasteiger partial charge in [-0.2, -0.15) is 0 Å². The first-order chi connectivity index (χ1) is 18.6. The molecule has 0 bridgehead atoms. The fourth-order valence-corrected chi connectivity index (χ4v) is 5.06. The minimum Gasteiger partial charge on any atom is -0.456 e. The summed E-state index contributed by atoms with van der Waals surface area (Å²) in [5.74, 6) is -0.594. The summed E-state index contributed by atoms with van der Waals surface area (Å²) in [6, 6.07) is 19.9. The highest BCUT2D eigenvalue weighted by Crippen LogP contribution is 2.21. The van der Waals surface area contributed by atoms with Crippen molar-refractivity contribution >= 4 is 17.8 Å². The molecule has 0 radical (unpaired) electrons. The number of hydrogen-bond donors (Lipinski definition) is 2. The summed E-state index contributed by atoms with van der Waals surface area (Å²) in [5, 5.41) is 6.00. The van der Waals surface area contributed by atoms with Crippen LogP contribution >= 0.6 is 0 Å². The Kier molecular flexibility index (Phi) is 10.5. The maximum Gasteiger partial charge on any atom is 0.306 e. The van der Waals surface area contributed by atoms with Crippen molar-refractivity contribution in [3.63, 3.8) is 0 Å². The van der Waals surface area contributed by atoms with Crippen molar-refractivity contribution in [1.82, 2.24) is 15.5 Å². The van der Waals surface area contributed by atoms with E-state index in [-0.39, 0.29) is 37.2 Å². The van der Waals surface area contributed by atoms with Gasteiger partial charge in [0.15, 0.2) is 0 Å². The molecule has 4 rings (SSSR count). The van der Waals surface area contributed by atoms with Crippen molar-refractivity contribution in [2.24, 2.45) is 11.8 Å². The number of allylic oxidation sites excluding steroid dienone is 2. The molecule has 2 N–H and O–H groups in total. The molecule has 2 amide bonds. The summed E-state index contributed by atoms with van der Waals surface area (Å²) in [6.45, 7) is 3.84. The quantitative estimate of drug-likeness (QED) is 0.425. The van der Waals surface area contributed by atoms with Crippen LogP contribution in [-0.4, -0.2) is 48.9 Å². The molecular formula is C31H39N3O4. The van der Waals surface area contributed by atoms with Gasteiger partial charge in [0.05, 0.1) is 12.5 Å². The number of piperidine rings is 1. The third-order valence-corrected chi connectivity index (χ3v) is 7.36. The molecule has 202 valence electrons. The Morgan fingerprint density at radius 1 is 0.974 bits per heavy atom. The first kappa shape index (κ1) is 27.6. The monoisotopic (exact) mass is 517 g/mol. The number of cyclic esters (lactones) is 1. The molecule has 38 heavy (non-hydrogen) atoms. The predicted octanol–water partition coefficient (Wildman–Crippen LogP) is 4.16. The lowest BCUT2D eigenvalue weighted by Gasteiger charge is -2.32. The Morgan fingerprint density at radius 2 is 1.68 bits per heavy atom. The van der Waals surface area contributed by atoms with Crippen LogP contribution in [0.1, 0.15) is 55.8 Å². The van der Waals surface area contributed by atoms with Crippen molar-refractivity contribution in [1.29, 1.82) is 0 Å². The highest BCUT2D eigenvalue weighted by molar-refractivity contribution is 5.86. The van der Waals surface area contributed by atoms with Crippen LogP contribution < -0.4 is 10.6 Å². The number of nitrogens with zero attached hydrogens (tertiary/aromatic N) is 1. The van der Waals surface area contributed by atoms with E-state index in [4.69, 9.17) is 4.74 Å². The Bertz CT molecular complexity index is 1070. The second-order valence-electron chi connectivity index (χ2n) is 10.3. The molecule has 0 unspecified atom stereocenters. The summed E-state index contributed by atoms with van der Waals surface area (Å²) in [4.78, 5) is 40.6. The van der Waals surface area contributed by atoms with Crippen molar-refractivity contribution < 1.29 is 19.1 Å². The van der Waals surface area contributed by atoms with E-state index in [1.54, 1.807) is 0 Å². The molecule has 2 aliphatic rings. The average Bonchev–Trinajstić information content (AvgIpc) is 2.94. The first-order valence-corrected chi connectivity index (χ1v) is 13.8. The van der Waals surface area contributed by atoms with Gasteiger partial charge in [-0.3, -0.25) is 19.3 Å². The van der Waals surface area contributed by atoms with E-state index in [1.807, 2.05) is 48.6 Å². The van der Waals surface area contributed by atoms with Gasteiger partial charge in [0.25, 0.3) is 0 Å². The minimum absolute atomic E-state index is 0.0941. The van der Waals surface area contributed by atoms with Crippen molar-refractivity contribution in [3.05, 3.63) is 83.9 Å². The number of carbonyl (C=O) groups is 3. The summed E-state index contributed by atoms with van der Waals surface area (Å²) in [6.07, 6.45) is 6.76. The Morgan fingerprint density at radius 3 is 2.42 bits per heavy atom. The van der Waals surface area contributed by atoms with Gasteiger partial charge in [-0.15, -0.1) is 0 Å². The van der Waals surface area contributed by atoms with Crippen LogP contribution in [-0.2, 0) is 25.7 Å². The van der Waals surface area contributed by atoms with Gasteiger partial charge in [0, 0.05) is 25.9 Å². The zero-order valence-corrected chi connectivity index (χ0v) is 22.0. The molecule has 7 heteroatoms. The van der Waals surface area contributed by atoms with Crippen LogP contribution in [0.25, 0.3) is 0 Å². The number of ether oxygens (including phenoxy) is 1. The standard InChI is InChI=1S/C31H39N3O4/c35-29(32-21-24-16-18-34(19-17-24)23-25-10-4-1-5-11-25)20-27-14-8-3-9-15-30(36)38-28(22-33-31(27)37)26-12-6-2-7-13-26/h1-8,10-13,24,27-28H,9,14-23H2,(H,32,35)(H,33,37)/t27-,28-/m0/s1. The van der Waals surface area contributed by atoms with Crippen molar-refractivity contribution in [2.45, 2.75) is 51.2 Å². The molecule has 2 aliphatic heterocycles. The highest BCUT2D eigenvalue weighted by atomic mass is 16.5. The van der Waals surface area contributed by atoms with Crippen molar-refractivity contribution in [3.8, 4) is 0 Å². The molecule has 0 aromatic heterocycles. The van der Waals surface area contributed by atoms with Gasteiger partial charge in [-0.1, -0.05) is 72.8 Å². The number of hydrogen-bond acceptors (Lipinski definition) is 5. The second-order valence-corrected chi connectivity index (χ2v) is 10.3. The minimum atomic E-state index is -0.557. The van der Waals surface area contributed by atoms with Crippen LogP contribution in [0, 0.1) is 11.8 Å². The highest BCUT2D eigenvalue weighted by Gasteiger charge is 2.25. The van der Waals surface area contributed by atoms with E-state index in [1.165, 1.54) is 5.56 Å². The molecular weight excluding hydrogens is 478 g/mol. The Hall–Kier alpha value is -3.45. The largest absolute Gasteiger partial charge is 0.456 e. The fraction of sp³-hybridized carbons (Fsp3) is 0.452. The average molecular weight is 518 g/mol. The van der Waals surface area contributed by atoms with E-state index in [0.29, 0.717) is 25.3 Å². The van der Waals surface area contributed by atoms with Crippen LogP contribution in [0.4, 0.5) is 0 Å². The molecule has 2 aromatic carbocycles. The zero-order valence-electron chi connectivity index (χ0n) is 22.0. The maximum absolute atomic E-state index is 13.0. The topological polar surface area (TPSA) is 87.7 Å². The number of carbonyl (C=O) groups excluding carboxylic acids is 3. The summed E-state index contributed by atoms with van der Waals surface area (Å²) < 4.78 is 5.65. The number of likely N-dealkylation sites (tertiary alicyclic amines) is 1. The third kappa shape index (κ3) is 8.84. The maximum atomic E-state index is 13.0. The molecule has 2 heterocycles. The molecule has 1 fully saturated rings. The summed E-state index contributed by atoms with van der Waals surface area (Å²) in [5.41, 5.74) is 2.16. The molecule has 2 aromatic rings. The smallest absolute Gasteiger partial charge is 0.306 e. The van der Waals surface area contributed by atoms with E-state index in [2.05, 4.69) is 39.8 Å². The Labute approximate surface area is 225 Å². The zero-order chi connectivity index (χ0) is 26.6. The predicted molar refractivity (Wildman–Crippen MR) is 147 cm³/mol. The molecule has 0 aliphatic carbocycles. The molecule has 2 atom stereocenters. The van der Waals surface area contributed by atoms with Crippen LogP contribution in [0.3, 0.4) is 0 Å². The number of esters is 1. The lowest BCUT2D eigenvalue weighted by molar-refractivity contribution is -0.150. The lowest BCUT2D eigenvalue weighted by Crippen LogP contribution is -2.40. The van der Waals surface area contributed by atoms with Crippen LogP contribution in [0.15, 0.2) is 72.8 Å². The number of amides is 2. The van der Waals surface area contributed by atoms with E-state index in [0.717, 1.165) is 38.0 Å². The van der Waals surface area contributed by atoms with Crippen molar-refractivity contribution in [2.75, 3.05) is 26.2 Å². The summed E-state index contributed by atoms with van der Waals surface area (Å²) >= 11 is 0. The van der Waals surface area contributed by atoms with Crippen LogP contribution in [0.2, 0.25) is 0 Å². The van der Waals surface area contributed by atoms with Gasteiger partial charge in [0.1, 0.15) is 6.10 Å². The van der Waals surface area contributed by atoms with Gasteiger partial charge in [-0.05, 0) is 55.8 Å². The van der Waals surface area contributed by atoms with Gasteiger partial charge in [0.2, 0.25) is 11.8 Å². The lowest BCUT2D eigenvalue weighted by atomic mass is 9.95. The Balaban J connectivity index is 1.25. The molecule has 7 nitrogen and oxygen atoms in total. The number of benzene rings is 2. The number of rotatable bonds is 7. The third-order valence-electron chi connectivity index (χ3n) is 7.36. The van der Waals surface area contributed by atoms with Gasteiger partial charge >= 0.3 is 5.97 Å².